The van der Waals surface area contributed by atoms with Gasteiger partial charge in [0, 0.05) is 14.7 Å². The van der Waals surface area contributed by atoms with Crippen molar-refractivity contribution in [2.75, 3.05) is 7.11 Å². The fourth-order valence-electron chi connectivity index (χ4n) is 1.44. The molecule has 0 saturated heterocycles. The smallest absolute Gasteiger partial charge is 0.129 e. The molecule has 0 saturated carbocycles. The van der Waals surface area contributed by atoms with Gasteiger partial charge in [0.25, 0.3) is 0 Å². The van der Waals surface area contributed by atoms with Crippen LogP contribution in [0, 0.1) is 0 Å². The largest absolute Gasteiger partial charge is 0.496 e. The summed E-state index contributed by atoms with van der Waals surface area (Å²) in [6.07, 6.45) is 0. The summed E-state index contributed by atoms with van der Waals surface area (Å²) in [7, 11) is 1.66. The molecule has 16 heavy (non-hydrogen) atoms. The molecule has 0 radical (unpaired) electrons. The quantitative estimate of drug-likeness (QED) is 0.940. The van der Waals surface area contributed by atoms with E-state index < -0.39 is 0 Å². The second kappa shape index (κ2) is 4.99. The zero-order valence-electron chi connectivity index (χ0n) is 8.81. The van der Waals surface area contributed by atoms with Crippen molar-refractivity contribution in [3.05, 3.63) is 50.6 Å². The highest BCUT2D eigenvalue weighted by Gasteiger charge is 2.11. The van der Waals surface area contributed by atoms with Crippen LogP contribution in [0.1, 0.15) is 16.5 Å². The van der Waals surface area contributed by atoms with Gasteiger partial charge < -0.3 is 10.5 Å². The molecule has 1 atom stereocenters. The van der Waals surface area contributed by atoms with Gasteiger partial charge >= 0.3 is 0 Å². The summed E-state index contributed by atoms with van der Waals surface area (Å²) in [6.45, 7) is 0. The SMILES string of the molecule is COc1csc(C(N)c2ccc(Br)cc2)c1. The topological polar surface area (TPSA) is 35.2 Å². The summed E-state index contributed by atoms with van der Waals surface area (Å²) < 4.78 is 6.21. The van der Waals surface area contributed by atoms with Gasteiger partial charge in [-0.2, -0.15) is 0 Å². The maximum Gasteiger partial charge on any atom is 0.129 e. The average molecular weight is 298 g/mol. The van der Waals surface area contributed by atoms with Crippen LogP contribution in [0.5, 0.6) is 5.75 Å². The van der Waals surface area contributed by atoms with Crippen LogP contribution in [-0.2, 0) is 0 Å². The lowest BCUT2D eigenvalue weighted by Gasteiger charge is -2.09. The van der Waals surface area contributed by atoms with Crippen LogP contribution < -0.4 is 10.5 Å². The lowest BCUT2D eigenvalue weighted by Crippen LogP contribution is -2.09. The first kappa shape index (κ1) is 11.6. The van der Waals surface area contributed by atoms with Crippen LogP contribution >= 0.6 is 27.3 Å². The number of nitrogens with two attached hydrogens (primary N) is 1. The first-order chi connectivity index (χ1) is 7.70. The van der Waals surface area contributed by atoms with Gasteiger partial charge in [0.1, 0.15) is 5.75 Å². The van der Waals surface area contributed by atoms with Crippen LogP contribution in [0.3, 0.4) is 0 Å². The number of halogens is 1. The molecule has 1 aromatic carbocycles. The van der Waals surface area contributed by atoms with E-state index in [1.165, 1.54) is 0 Å². The van der Waals surface area contributed by atoms with E-state index in [1.54, 1.807) is 18.4 Å². The maximum absolute atomic E-state index is 6.17. The van der Waals surface area contributed by atoms with Gasteiger partial charge in [-0.15, -0.1) is 11.3 Å². The van der Waals surface area contributed by atoms with Gasteiger partial charge in [0.15, 0.2) is 0 Å². The van der Waals surface area contributed by atoms with Crippen molar-refractivity contribution in [3.8, 4) is 5.75 Å². The lowest BCUT2D eigenvalue weighted by atomic mass is 10.1. The Balaban J connectivity index is 2.24. The van der Waals surface area contributed by atoms with Crippen molar-refractivity contribution in [1.29, 1.82) is 0 Å². The van der Waals surface area contributed by atoms with Crippen LogP contribution in [0.15, 0.2) is 40.2 Å². The highest BCUT2D eigenvalue weighted by molar-refractivity contribution is 9.10. The Kier molecular flexibility index (Phi) is 3.63. The van der Waals surface area contributed by atoms with Gasteiger partial charge in [-0.1, -0.05) is 28.1 Å². The fourth-order valence-corrected chi connectivity index (χ4v) is 2.59. The van der Waals surface area contributed by atoms with Gasteiger partial charge in [0.2, 0.25) is 0 Å². The Hall–Kier alpha value is -0.840. The van der Waals surface area contributed by atoms with Crippen molar-refractivity contribution in [3.63, 3.8) is 0 Å². The van der Waals surface area contributed by atoms with E-state index in [2.05, 4.69) is 15.9 Å². The summed E-state index contributed by atoms with van der Waals surface area (Å²) in [5, 5.41) is 1.97. The van der Waals surface area contributed by atoms with Crippen molar-refractivity contribution in [2.24, 2.45) is 5.73 Å². The van der Waals surface area contributed by atoms with E-state index in [-0.39, 0.29) is 6.04 Å². The minimum atomic E-state index is -0.0815. The lowest BCUT2D eigenvalue weighted by molar-refractivity contribution is 0.416. The number of methoxy groups -OCH3 is 1. The van der Waals surface area contributed by atoms with E-state index >= 15 is 0 Å². The molecule has 0 aliphatic heterocycles. The maximum atomic E-state index is 6.17. The van der Waals surface area contributed by atoms with Gasteiger partial charge in [-0.3, -0.25) is 0 Å². The van der Waals surface area contributed by atoms with E-state index in [4.69, 9.17) is 10.5 Å². The zero-order chi connectivity index (χ0) is 11.5. The number of hydrogen-bond donors (Lipinski definition) is 1. The molecule has 1 unspecified atom stereocenters. The molecule has 2 nitrogen and oxygen atoms in total. The van der Waals surface area contributed by atoms with E-state index in [0.29, 0.717) is 0 Å². The molecule has 0 spiro atoms. The molecular formula is C12H12BrNOS. The Bertz CT molecular complexity index is 466. The van der Waals surface area contributed by atoms with E-state index in [9.17, 15) is 0 Å². The average Bonchev–Trinajstić information content (AvgIpc) is 2.77. The molecule has 1 heterocycles. The summed E-state index contributed by atoms with van der Waals surface area (Å²) in [4.78, 5) is 1.11. The predicted molar refractivity (Wildman–Crippen MR) is 71.0 cm³/mol. The highest BCUT2D eigenvalue weighted by atomic mass is 79.9. The van der Waals surface area contributed by atoms with Gasteiger partial charge in [-0.25, -0.2) is 0 Å². The third-order valence-corrected chi connectivity index (χ3v) is 3.89. The second-order valence-corrected chi connectivity index (χ2v) is 5.28. The molecule has 2 rings (SSSR count). The molecule has 1 aromatic heterocycles. The Labute approximate surface area is 107 Å². The number of hydrogen-bond acceptors (Lipinski definition) is 3. The molecule has 2 N–H and O–H groups in total. The number of ether oxygens (including phenoxy) is 1. The molecule has 2 aromatic rings. The molecule has 84 valence electrons. The molecule has 0 bridgehead atoms. The van der Waals surface area contributed by atoms with Gasteiger partial charge in [0.05, 0.1) is 13.2 Å². The third kappa shape index (κ3) is 2.45. The Morgan fingerprint density at radius 1 is 1.31 bits per heavy atom. The van der Waals surface area contributed by atoms with Crippen molar-refractivity contribution in [1.82, 2.24) is 0 Å². The standard InChI is InChI=1S/C12H12BrNOS/c1-15-10-6-11(16-7-10)12(14)8-2-4-9(13)5-3-8/h2-7,12H,14H2,1H3. The molecule has 0 fully saturated rings. The van der Waals surface area contributed by atoms with Crippen molar-refractivity contribution >= 4 is 27.3 Å². The molecule has 0 amide bonds. The molecule has 0 aliphatic rings. The zero-order valence-corrected chi connectivity index (χ0v) is 11.2. The van der Waals surface area contributed by atoms with Crippen LogP contribution in [0.25, 0.3) is 0 Å². The third-order valence-electron chi connectivity index (χ3n) is 2.37. The predicted octanol–water partition coefficient (Wildman–Crippen LogP) is 3.57. The summed E-state index contributed by atoms with van der Waals surface area (Å²) in [5.41, 5.74) is 7.28. The minimum absolute atomic E-state index is 0.0815. The normalized spacial score (nSPS) is 12.4. The first-order valence-corrected chi connectivity index (χ1v) is 6.51. The van der Waals surface area contributed by atoms with Crippen molar-refractivity contribution in [2.45, 2.75) is 6.04 Å². The van der Waals surface area contributed by atoms with Gasteiger partial charge in [-0.05, 0) is 23.8 Å². The Morgan fingerprint density at radius 2 is 2.00 bits per heavy atom. The first-order valence-electron chi connectivity index (χ1n) is 4.84. The van der Waals surface area contributed by atoms with Crippen LogP contribution in [-0.4, -0.2) is 7.11 Å². The molecular weight excluding hydrogens is 286 g/mol. The number of thiophene rings is 1. The monoisotopic (exact) mass is 297 g/mol. The summed E-state index contributed by atoms with van der Waals surface area (Å²) in [6, 6.07) is 9.96. The number of rotatable bonds is 3. The molecule has 4 heteroatoms. The van der Waals surface area contributed by atoms with E-state index in [0.717, 1.165) is 20.7 Å². The van der Waals surface area contributed by atoms with Crippen LogP contribution in [0.2, 0.25) is 0 Å². The highest BCUT2D eigenvalue weighted by Crippen LogP contribution is 2.29. The molecule has 0 aliphatic carbocycles. The second-order valence-electron chi connectivity index (χ2n) is 3.42. The number of benzene rings is 1. The fraction of sp³-hybridized carbons (Fsp3) is 0.167. The van der Waals surface area contributed by atoms with E-state index in [1.807, 2.05) is 35.7 Å². The van der Waals surface area contributed by atoms with Crippen molar-refractivity contribution < 1.29 is 4.74 Å². The summed E-state index contributed by atoms with van der Waals surface area (Å²) in [5.74, 6) is 0.868. The minimum Gasteiger partial charge on any atom is -0.496 e. The summed E-state index contributed by atoms with van der Waals surface area (Å²) >= 11 is 5.03. The van der Waals surface area contributed by atoms with Crippen LogP contribution in [0.4, 0.5) is 0 Å². The Morgan fingerprint density at radius 3 is 2.56 bits per heavy atom.